The van der Waals surface area contributed by atoms with Crippen LogP contribution in [0.25, 0.3) is 0 Å². The van der Waals surface area contributed by atoms with Gasteiger partial charge in [0.15, 0.2) is 0 Å². The number of amides is 3. The minimum absolute atomic E-state index is 0.00593. The lowest BCUT2D eigenvalue weighted by Crippen LogP contribution is -2.50. The van der Waals surface area contributed by atoms with Gasteiger partial charge >= 0.3 is 12.0 Å². The van der Waals surface area contributed by atoms with Gasteiger partial charge in [0.25, 0.3) is 0 Å². The fourth-order valence-electron chi connectivity index (χ4n) is 2.84. The molecule has 3 rings (SSSR count). The maximum absolute atomic E-state index is 12.5. The number of urea groups is 1. The highest BCUT2D eigenvalue weighted by atomic mass is 16.5. The molecule has 2 N–H and O–H groups in total. The monoisotopic (exact) mass is 329 g/mol. The summed E-state index contributed by atoms with van der Waals surface area (Å²) >= 11 is 0. The molecule has 126 valence electrons. The van der Waals surface area contributed by atoms with Gasteiger partial charge in [0, 0.05) is 6.54 Å². The Morgan fingerprint density at radius 3 is 2.79 bits per heavy atom. The molecule has 2 aliphatic heterocycles. The maximum Gasteiger partial charge on any atom is 0.338 e. The maximum atomic E-state index is 12.5. The highest BCUT2D eigenvalue weighted by Gasteiger charge is 2.42. The van der Waals surface area contributed by atoms with E-state index in [2.05, 4.69) is 10.6 Å². The molecule has 2 heterocycles. The van der Waals surface area contributed by atoms with Gasteiger partial charge in [-0.3, -0.25) is 9.69 Å². The van der Waals surface area contributed by atoms with E-state index in [9.17, 15) is 14.4 Å². The Labute approximate surface area is 139 Å². The Balaban J connectivity index is 1.89. The molecule has 0 aromatic heterocycles. The highest BCUT2D eigenvalue weighted by molar-refractivity contribution is 5.98. The second kappa shape index (κ2) is 6.74. The lowest BCUT2D eigenvalue weighted by atomic mass is 9.96. The topological polar surface area (TPSA) is 87.7 Å². The third-order valence-corrected chi connectivity index (χ3v) is 4.01. The van der Waals surface area contributed by atoms with Crippen LogP contribution < -0.4 is 10.6 Å². The van der Waals surface area contributed by atoms with Gasteiger partial charge < -0.3 is 15.4 Å². The van der Waals surface area contributed by atoms with Crippen LogP contribution in [0.1, 0.15) is 24.9 Å². The smallest absolute Gasteiger partial charge is 0.338 e. The van der Waals surface area contributed by atoms with E-state index in [0.29, 0.717) is 17.8 Å². The number of carbonyl (C=O) groups excluding carboxylic acids is 3. The molecule has 1 aromatic carbocycles. The van der Waals surface area contributed by atoms with Crippen molar-refractivity contribution in [2.24, 2.45) is 0 Å². The zero-order valence-electron chi connectivity index (χ0n) is 13.4. The number of benzene rings is 1. The van der Waals surface area contributed by atoms with Gasteiger partial charge in [-0.1, -0.05) is 37.3 Å². The normalized spacial score (nSPS) is 19.7. The summed E-state index contributed by atoms with van der Waals surface area (Å²) in [6.45, 7) is 2.36. The number of rotatable bonds is 5. The first-order valence-corrected chi connectivity index (χ1v) is 7.91. The van der Waals surface area contributed by atoms with E-state index in [1.165, 1.54) is 4.90 Å². The first-order chi connectivity index (χ1) is 11.6. The standard InChI is InChI=1S/C17H19N3O4/c1-2-8-18-13(21)9-20-12-10-24-16(22)14(12)15(19-17(20)23)11-6-4-3-5-7-11/h3-7,15H,2,8-10H2,1H3,(H,18,21)(H,19,23)/t15-/m1/s1. The summed E-state index contributed by atoms with van der Waals surface area (Å²) in [6, 6.07) is 8.25. The van der Waals surface area contributed by atoms with Gasteiger partial charge in [-0.2, -0.15) is 0 Å². The molecule has 0 spiro atoms. The van der Waals surface area contributed by atoms with E-state index >= 15 is 0 Å². The molecule has 0 saturated carbocycles. The summed E-state index contributed by atoms with van der Waals surface area (Å²) < 4.78 is 5.11. The van der Waals surface area contributed by atoms with Crippen molar-refractivity contribution in [2.45, 2.75) is 19.4 Å². The average Bonchev–Trinajstić information content (AvgIpc) is 2.98. The Hall–Kier alpha value is -2.83. The summed E-state index contributed by atoms with van der Waals surface area (Å²) in [7, 11) is 0. The number of hydrogen-bond acceptors (Lipinski definition) is 4. The molecular formula is C17H19N3O4. The second-order valence-electron chi connectivity index (χ2n) is 5.67. The minimum Gasteiger partial charge on any atom is -0.456 e. The zero-order valence-corrected chi connectivity index (χ0v) is 13.4. The van der Waals surface area contributed by atoms with Crippen molar-refractivity contribution >= 4 is 17.9 Å². The summed E-state index contributed by atoms with van der Waals surface area (Å²) in [4.78, 5) is 37.9. The van der Waals surface area contributed by atoms with E-state index in [0.717, 1.165) is 12.0 Å². The number of cyclic esters (lactones) is 1. The van der Waals surface area contributed by atoms with Crippen molar-refractivity contribution in [1.82, 2.24) is 15.5 Å². The van der Waals surface area contributed by atoms with Crippen molar-refractivity contribution in [3.05, 3.63) is 47.2 Å². The van der Waals surface area contributed by atoms with Crippen LogP contribution in [0.2, 0.25) is 0 Å². The number of nitrogens with zero attached hydrogens (tertiary/aromatic N) is 1. The van der Waals surface area contributed by atoms with Gasteiger partial charge in [-0.25, -0.2) is 9.59 Å². The van der Waals surface area contributed by atoms with Gasteiger partial charge in [0.05, 0.1) is 17.3 Å². The molecule has 0 fully saturated rings. The Kier molecular flexibility index (Phi) is 4.50. The van der Waals surface area contributed by atoms with E-state index in [-0.39, 0.29) is 19.1 Å². The van der Waals surface area contributed by atoms with Crippen LogP contribution in [-0.4, -0.2) is 42.5 Å². The van der Waals surface area contributed by atoms with Crippen molar-refractivity contribution in [3.63, 3.8) is 0 Å². The predicted molar refractivity (Wildman–Crippen MR) is 85.7 cm³/mol. The molecule has 2 aliphatic rings. The van der Waals surface area contributed by atoms with Gasteiger partial charge in [-0.05, 0) is 12.0 Å². The van der Waals surface area contributed by atoms with Gasteiger partial charge in [0.1, 0.15) is 13.2 Å². The predicted octanol–water partition coefficient (Wildman–Crippen LogP) is 1.09. The van der Waals surface area contributed by atoms with Crippen LogP contribution in [0.3, 0.4) is 0 Å². The van der Waals surface area contributed by atoms with Gasteiger partial charge in [-0.15, -0.1) is 0 Å². The zero-order chi connectivity index (χ0) is 17.1. The molecule has 1 atom stereocenters. The highest BCUT2D eigenvalue weighted by Crippen LogP contribution is 2.34. The summed E-state index contributed by atoms with van der Waals surface area (Å²) in [5.74, 6) is -0.728. The van der Waals surface area contributed by atoms with E-state index in [4.69, 9.17) is 4.74 Å². The third-order valence-electron chi connectivity index (χ3n) is 4.01. The molecule has 0 bridgehead atoms. The lowest BCUT2D eigenvalue weighted by Gasteiger charge is -2.32. The molecule has 0 saturated heterocycles. The largest absolute Gasteiger partial charge is 0.456 e. The molecule has 0 radical (unpaired) electrons. The number of esters is 1. The van der Waals surface area contributed by atoms with Crippen molar-refractivity contribution in [2.75, 3.05) is 19.7 Å². The van der Waals surface area contributed by atoms with E-state index < -0.39 is 18.0 Å². The molecular weight excluding hydrogens is 310 g/mol. The summed E-state index contributed by atoms with van der Waals surface area (Å²) in [6.07, 6.45) is 0.809. The molecule has 3 amide bonds. The van der Waals surface area contributed by atoms with Crippen molar-refractivity contribution in [3.8, 4) is 0 Å². The molecule has 7 nitrogen and oxygen atoms in total. The van der Waals surface area contributed by atoms with Crippen molar-refractivity contribution in [1.29, 1.82) is 0 Å². The Bertz CT molecular complexity index is 699. The third kappa shape index (κ3) is 2.97. The fourth-order valence-corrected chi connectivity index (χ4v) is 2.84. The molecule has 0 aliphatic carbocycles. The number of nitrogens with one attached hydrogen (secondary N) is 2. The summed E-state index contributed by atoms with van der Waals surface area (Å²) in [5.41, 5.74) is 1.65. The van der Waals surface area contributed by atoms with Crippen LogP contribution in [-0.2, 0) is 14.3 Å². The Morgan fingerprint density at radius 2 is 2.08 bits per heavy atom. The quantitative estimate of drug-likeness (QED) is 0.792. The van der Waals surface area contributed by atoms with Crippen LogP contribution >= 0.6 is 0 Å². The molecule has 7 heteroatoms. The number of hydrogen-bond donors (Lipinski definition) is 2. The van der Waals surface area contributed by atoms with Gasteiger partial charge in [0.2, 0.25) is 5.91 Å². The molecule has 0 unspecified atom stereocenters. The fraction of sp³-hybridized carbons (Fsp3) is 0.353. The number of carbonyl (C=O) groups is 3. The second-order valence-corrected chi connectivity index (χ2v) is 5.67. The van der Waals surface area contributed by atoms with Crippen molar-refractivity contribution < 1.29 is 19.1 Å². The first kappa shape index (κ1) is 16.0. The van der Waals surface area contributed by atoms with Crippen LogP contribution in [0.15, 0.2) is 41.6 Å². The summed E-state index contributed by atoms with van der Waals surface area (Å²) in [5, 5.41) is 5.52. The minimum atomic E-state index is -0.557. The molecule has 1 aromatic rings. The molecule has 24 heavy (non-hydrogen) atoms. The number of ether oxygens (including phenoxy) is 1. The van der Waals surface area contributed by atoms with Crippen LogP contribution in [0.5, 0.6) is 0 Å². The van der Waals surface area contributed by atoms with Crippen LogP contribution in [0.4, 0.5) is 4.79 Å². The lowest BCUT2D eigenvalue weighted by molar-refractivity contribution is -0.136. The Morgan fingerprint density at radius 1 is 1.33 bits per heavy atom. The van der Waals surface area contributed by atoms with E-state index in [1.54, 1.807) is 0 Å². The SMILES string of the molecule is CCCNC(=O)CN1C(=O)N[C@H](c2ccccc2)C2=C1COC2=O. The first-order valence-electron chi connectivity index (χ1n) is 7.91. The average molecular weight is 329 g/mol. The van der Waals surface area contributed by atoms with E-state index in [1.807, 2.05) is 37.3 Å². The van der Waals surface area contributed by atoms with Crippen LogP contribution in [0, 0.1) is 0 Å².